The van der Waals surface area contributed by atoms with Gasteiger partial charge in [-0.25, -0.2) is 4.79 Å². The molecule has 0 spiro atoms. The lowest BCUT2D eigenvalue weighted by Gasteiger charge is -2.36. The molecule has 1 N–H and O–H groups in total. The van der Waals surface area contributed by atoms with E-state index >= 15 is 0 Å². The van der Waals surface area contributed by atoms with E-state index in [1.165, 1.54) is 0 Å². The highest BCUT2D eigenvalue weighted by Gasteiger charge is 2.41. The molecule has 0 aromatic heterocycles. The molecule has 1 heterocycles. The number of rotatable bonds is 8. The molecule has 2 aliphatic rings. The second-order valence-corrected chi connectivity index (χ2v) is 9.61. The van der Waals surface area contributed by atoms with Crippen LogP contribution in [0.25, 0.3) is 0 Å². The highest BCUT2D eigenvalue weighted by Crippen LogP contribution is 2.46. The zero-order valence-corrected chi connectivity index (χ0v) is 21.9. The van der Waals surface area contributed by atoms with Crippen molar-refractivity contribution in [2.24, 2.45) is 0 Å². The van der Waals surface area contributed by atoms with Crippen molar-refractivity contribution in [1.82, 2.24) is 5.32 Å². The summed E-state index contributed by atoms with van der Waals surface area (Å²) < 4.78 is 16.4. The zero-order valence-electron chi connectivity index (χ0n) is 21.2. The van der Waals surface area contributed by atoms with E-state index in [1.54, 1.807) is 20.3 Å². The number of benzene rings is 2. The van der Waals surface area contributed by atoms with Crippen molar-refractivity contribution in [2.75, 3.05) is 20.8 Å². The van der Waals surface area contributed by atoms with E-state index in [-0.39, 0.29) is 11.7 Å². The summed E-state index contributed by atoms with van der Waals surface area (Å²) in [7, 11) is 3.20. The van der Waals surface area contributed by atoms with Crippen molar-refractivity contribution in [3.05, 3.63) is 81.2 Å². The number of dihydropyridines is 1. The fourth-order valence-electron chi connectivity index (χ4n) is 5.06. The first-order valence-corrected chi connectivity index (χ1v) is 12.6. The third-order valence-corrected chi connectivity index (χ3v) is 7.07. The van der Waals surface area contributed by atoms with Gasteiger partial charge in [0.25, 0.3) is 0 Å². The summed E-state index contributed by atoms with van der Waals surface area (Å²) in [5.74, 6) is 0.302. The minimum Gasteiger partial charge on any atom is -0.493 e. The van der Waals surface area contributed by atoms with Crippen LogP contribution >= 0.6 is 11.6 Å². The lowest BCUT2D eigenvalue weighted by Crippen LogP contribution is -2.36. The number of ether oxygens (including phenoxy) is 3. The van der Waals surface area contributed by atoms with Crippen LogP contribution in [-0.4, -0.2) is 32.6 Å². The largest absolute Gasteiger partial charge is 0.493 e. The topological polar surface area (TPSA) is 73.9 Å². The Bertz CT molecular complexity index is 1230. The molecule has 0 radical (unpaired) electrons. The summed E-state index contributed by atoms with van der Waals surface area (Å²) >= 11 is 6.33. The van der Waals surface area contributed by atoms with Crippen LogP contribution in [0.2, 0.25) is 5.02 Å². The normalized spacial score (nSPS) is 19.5. The number of Topliss-reactive ketones (excluding diaryl/α,β-unsaturated/α-hetero) is 1. The van der Waals surface area contributed by atoms with Gasteiger partial charge in [-0.15, -0.1) is 0 Å². The van der Waals surface area contributed by atoms with E-state index in [2.05, 4.69) is 5.32 Å². The zero-order chi connectivity index (χ0) is 25.8. The van der Waals surface area contributed by atoms with E-state index in [0.717, 1.165) is 29.7 Å². The number of halogens is 1. The molecule has 7 heteroatoms. The fraction of sp³-hybridized carbons (Fsp3) is 0.379. The number of ketones is 1. The van der Waals surface area contributed by atoms with Gasteiger partial charge < -0.3 is 19.5 Å². The van der Waals surface area contributed by atoms with Gasteiger partial charge in [0.2, 0.25) is 0 Å². The van der Waals surface area contributed by atoms with Gasteiger partial charge >= 0.3 is 5.97 Å². The summed E-state index contributed by atoms with van der Waals surface area (Å²) in [5, 5.41) is 3.94. The molecule has 0 saturated carbocycles. The Hall–Kier alpha value is -3.25. The molecule has 0 amide bonds. The number of esters is 1. The minimum atomic E-state index is -0.534. The van der Waals surface area contributed by atoms with Crippen LogP contribution in [0.4, 0.5) is 0 Å². The maximum absolute atomic E-state index is 13.7. The van der Waals surface area contributed by atoms with Gasteiger partial charge in [-0.2, -0.15) is 0 Å². The number of carbonyl (C=O) groups excluding carboxylic acids is 2. The molecule has 2 atom stereocenters. The third kappa shape index (κ3) is 5.14. The average molecular weight is 510 g/mol. The number of unbranched alkanes of at least 4 members (excludes halogenated alkanes) is 1. The van der Waals surface area contributed by atoms with Crippen LogP contribution in [0.3, 0.4) is 0 Å². The Morgan fingerprint density at radius 1 is 1.06 bits per heavy atom. The predicted molar refractivity (Wildman–Crippen MR) is 139 cm³/mol. The Kier molecular flexibility index (Phi) is 8.04. The van der Waals surface area contributed by atoms with E-state index in [9.17, 15) is 9.59 Å². The maximum atomic E-state index is 13.7. The standard InChI is InChI=1S/C29H32ClNO5/c1-5-6-12-36-29(33)26-17(2)31-22-14-20(18-10-11-24(34-3)25(16-18)35-4)15-23(32)28(22)27(26)19-8-7-9-21(30)13-19/h7-11,13,16,20,27,31H,5-6,12,14-15H2,1-4H3/t20-,27+/m1/s1. The summed E-state index contributed by atoms with van der Waals surface area (Å²) in [4.78, 5) is 27.0. The van der Waals surface area contributed by atoms with Gasteiger partial charge in [0.15, 0.2) is 17.3 Å². The second-order valence-electron chi connectivity index (χ2n) is 9.18. The molecule has 2 aromatic carbocycles. The van der Waals surface area contributed by atoms with Crippen LogP contribution < -0.4 is 14.8 Å². The number of methoxy groups -OCH3 is 2. The first kappa shape index (κ1) is 25.8. The second kappa shape index (κ2) is 11.2. The SMILES string of the molecule is CCCCOC(=O)C1=C(C)NC2=C(C(=O)C[C@H](c3ccc(OC)c(OC)c3)C2)[C@H]1c1cccc(Cl)c1. The summed E-state index contributed by atoms with van der Waals surface area (Å²) in [6.45, 7) is 4.25. The van der Waals surface area contributed by atoms with Gasteiger partial charge in [0.05, 0.1) is 26.4 Å². The molecule has 4 rings (SSSR count). The van der Waals surface area contributed by atoms with Crippen molar-refractivity contribution in [2.45, 2.75) is 51.4 Å². The van der Waals surface area contributed by atoms with Crippen LogP contribution in [0.1, 0.15) is 62.5 Å². The summed E-state index contributed by atoms with van der Waals surface area (Å²) in [5.41, 5.74) is 4.41. The molecule has 190 valence electrons. The third-order valence-electron chi connectivity index (χ3n) is 6.84. The van der Waals surface area contributed by atoms with Crippen LogP contribution in [0, 0.1) is 0 Å². The molecular weight excluding hydrogens is 478 g/mol. The van der Waals surface area contributed by atoms with Crippen molar-refractivity contribution < 1.29 is 23.8 Å². The van der Waals surface area contributed by atoms with Gasteiger partial charge in [-0.1, -0.05) is 43.1 Å². The minimum absolute atomic E-state index is 0.000122. The predicted octanol–water partition coefficient (Wildman–Crippen LogP) is 6.06. The molecule has 0 bridgehead atoms. The quantitative estimate of drug-likeness (QED) is 0.344. The number of allylic oxidation sites excluding steroid dienone is 3. The van der Waals surface area contributed by atoms with Gasteiger partial charge in [-0.05, 0) is 61.1 Å². The van der Waals surface area contributed by atoms with Crippen molar-refractivity contribution >= 4 is 23.4 Å². The molecule has 36 heavy (non-hydrogen) atoms. The van der Waals surface area contributed by atoms with E-state index in [4.69, 9.17) is 25.8 Å². The number of hydrogen-bond acceptors (Lipinski definition) is 6. The van der Waals surface area contributed by atoms with Crippen molar-refractivity contribution in [1.29, 1.82) is 0 Å². The van der Waals surface area contributed by atoms with Crippen LogP contribution in [0.5, 0.6) is 11.5 Å². The molecular formula is C29H32ClNO5. The number of carbonyl (C=O) groups is 2. The van der Waals surface area contributed by atoms with E-state index < -0.39 is 11.9 Å². The Labute approximate surface area is 217 Å². The highest BCUT2D eigenvalue weighted by atomic mass is 35.5. The summed E-state index contributed by atoms with van der Waals surface area (Å²) in [6.07, 6.45) is 2.66. The fourth-order valence-corrected chi connectivity index (χ4v) is 5.26. The maximum Gasteiger partial charge on any atom is 0.336 e. The first-order valence-electron chi connectivity index (χ1n) is 12.3. The molecule has 2 aromatic rings. The van der Waals surface area contributed by atoms with Gasteiger partial charge in [-0.3, -0.25) is 4.79 Å². The van der Waals surface area contributed by atoms with Gasteiger partial charge in [0, 0.05) is 34.3 Å². The van der Waals surface area contributed by atoms with Crippen molar-refractivity contribution in [3.8, 4) is 11.5 Å². The molecule has 6 nitrogen and oxygen atoms in total. The van der Waals surface area contributed by atoms with Crippen LogP contribution in [0.15, 0.2) is 65.0 Å². The van der Waals surface area contributed by atoms with E-state index in [1.807, 2.05) is 50.2 Å². The Morgan fingerprint density at radius 2 is 1.83 bits per heavy atom. The van der Waals surface area contributed by atoms with E-state index in [0.29, 0.717) is 52.8 Å². The van der Waals surface area contributed by atoms with Crippen LogP contribution in [-0.2, 0) is 14.3 Å². The highest BCUT2D eigenvalue weighted by molar-refractivity contribution is 6.30. The molecule has 0 saturated heterocycles. The molecule has 1 aliphatic carbocycles. The Morgan fingerprint density at radius 3 is 2.53 bits per heavy atom. The smallest absolute Gasteiger partial charge is 0.336 e. The number of nitrogens with one attached hydrogen (secondary N) is 1. The molecule has 1 aliphatic heterocycles. The monoisotopic (exact) mass is 509 g/mol. The Balaban J connectivity index is 1.74. The summed E-state index contributed by atoms with van der Waals surface area (Å²) in [6, 6.07) is 13.1. The van der Waals surface area contributed by atoms with Crippen molar-refractivity contribution in [3.63, 3.8) is 0 Å². The average Bonchev–Trinajstić information content (AvgIpc) is 2.87. The lowest BCUT2D eigenvalue weighted by molar-refractivity contribution is -0.139. The number of hydrogen-bond donors (Lipinski definition) is 1. The lowest BCUT2D eigenvalue weighted by atomic mass is 9.71. The van der Waals surface area contributed by atoms with Gasteiger partial charge in [0.1, 0.15) is 0 Å². The molecule has 0 fully saturated rings. The molecule has 0 unspecified atom stereocenters. The first-order chi connectivity index (χ1) is 17.4.